The predicted molar refractivity (Wildman–Crippen MR) is 67.7 cm³/mol. The molecule has 0 aliphatic rings. The molecule has 0 spiro atoms. The predicted octanol–water partition coefficient (Wildman–Crippen LogP) is 2.73. The van der Waals surface area contributed by atoms with Crippen LogP contribution in [0.3, 0.4) is 0 Å². The molecule has 1 heterocycles. The summed E-state index contributed by atoms with van der Waals surface area (Å²) in [6, 6.07) is 9.95. The Balaban J connectivity index is 2.32. The number of benzene rings is 1. The molecule has 16 heavy (non-hydrogen) atoms. The van der Waals surface area contributed by atoms with Crippen molar-refractivity contribution in [3.8, 4) is 0 Å². The summed E-state index contributed by atoms with van der Waals surface area (Å²) in [5.41, 5.74) is 1.84. The summed E-state index contributed by atoms with van der Waals surface area (Å²) in [4.78, 5) is 3.99. The molecule has 0 fully saturated rings. The number of imidazole rings is 1. The highest BCUT2D eigenvalue weighted by atomic mass is 79.9. The Hall–Kier alpha value is -1.39. The van der Waals surface area contributed by atoms with Gasteiger partial charge in [-0.15, -0.1) is 0 Å². The molecule has 0 atom stereocenters. The normalized spacial score (nSPS) is 11.8. The highest BCUT2D eigenvalue weighted by Gasteiger charge is 2.02. The molecule has 0 unspecified atom stereocenters. The van der Waals surface area contributed by atoms with Gasteiger partial charge in [0, 0.05) is 0 Å². The average Bonchev–Trinajstić information content (AvgIpc) is 2.78. The van der Waals surface area contributed by atoms with E-state index in [4.69, 9.17) is 5.11 Å². The van der Waals surface area contributed by atoms with Gasteiger partial charge in [-0.1, -0.05) is 30.3 Å². The lowest BCUT2D eigenvalue weighted by molar-refractivity contribution is 0.275. The highest BCUT2D eigenvalue weighted by molar-refractivity contribution is 9.15. The van der Waals surface area contributed by atoms with Crippen LogP contribution in [0.4, 0.5) is 0 Å². The van der Waals surface area contributed by atoms with Gasteiger partial charge >= 0.3 is 0 Å². The topological polar surface area (TPSA) is 38.1 Å². The molecular formula is C12H11BrN2O. The Morgan fingerprint density at radius 2 is 2.12 bits per heavy atom. The quantitative estimate of drug-likeness (QED) is 0.938. The van der Waals surface area contributed by atoms with E-state index in [-0.39, 0.29) is 6.61 Å². The minimum Gasteiger partial charge on any atom is -0.390 e. The van der Waals surface area contributed by atoms with Crippen molar-refractivity contribution in [3.05, 3.63) is 54.1 Å². The summed E-state index contributed by atoms with van der Waals surface area (Å²) < 4.78 is 2.65. The van der Waals surface area contributed by atoms with E-state index in [0.29, 0.717) is 0 Å². The standard InChI is InChI=1S/C12H11BrN2O/c13-12(6-10-4-2-1-3-5-10)15-9-14-7-11(15)8-16/h1-7,9,16H,8H2. The van der Waals surface area contributed by atoms with Gasteiger partial charge in [0.25, 0.3) is 0 Å². The molecule has 0 bridgehead atoms. The highest BCUT2D eigenvalue weighted by Crippen LogP contribution is 2.19. The van der Waals surface area contributed by atoms with Crippen molar-refractivity contribution in [3.63, 3.8) is 0 Å². The van der Waals surface area contributed by atoms with Crippen molar-refractivity contribution < 1.29 is 5.11 Å². The first-order chi connectivity index (χ1) is 7.81. The molecule has 4 heteroatoms. The molecule has 0 aliphatic carbocycles. The zero-order valence-electron chi connectivity index (χ0n) is 8.55. The lowest BCUT2D eigenvalue weighted by atomic mass is 10.2. The van der Waals surface area contributed by atoms with Gasteiger partial charge in [0.05, 0.1) is 29.4 Å². The van der Waals surface area contributed by atoms with Gasteiger partial charge in [-0.3, -0.25) is 4.57 Å². The van der Waals surface area contributed by atoms with Gasteiger partial charge in [0.2, 0.25) is 0 Å². The van der Waals surface area contributed by atoms with Gasteiger partial charge in [-0.25, -0.2) is 4.98 Å². The number of halogens is 1. The maximum Gasteiger partial charge on any atom is 0.0999 e. The van der Waals surface area contributed by atoms with E-state index in [0.717, 1.165) is 15.9 Å². The zero-order valence-corrected chi connectivity index (χ0v) is 10.1. The van der Waals surface area contributed by atoms with Crippen LogP contribution < -0.4 is 0 Å². The second kappa shape index (κ2) is 5.09. The van der Waals surface area contributed by atoms with E-state index in [2.05, 4.69) is 20.9 Å². The van der Waals surface area contributed by atoms with Crippen LogP contribution in [0, 0.1) is 0 Å². The summed E-state index contributed by atoms with van der Waals surface area (Å²) in [5, 5.41) is 9.11. The van der Waals surface area contributed by atoms with Crippen LogP contribution in [0.5, 0.6) is 0 Å². The fourth-order valence-electron chi connectivity index (χ4n) is 1.39. The van der Waals surface area contributed by atoms with E-state index in [1.165, 1.54) is 0 Å². The second-order valence-corrected chi connectivity index (χ2v) is 4.10. The largest absolute Gasteiger partial charge is 0.390 e. The van der Waals surface area contributed by atoms with Crippen molar-refractivity contribution >= 4 is 26.6 Å². The van der Waals surface area contributed by atoms with Crippen LogP contribution >= 0.6 is 15.9 Å². The van der Waals surface area contributed by atoms with Crippen LogP contribution in [0.15, 0.2) is 42.9 Å². The number of nitrogens with zero attached hydrogens (tertiary/aromatic N) is 2. The zero-order chi connectivity index (χ0) is 11.4. The van der Waals surface area contributed by atoms with E-state index in [1.54, 1.807) is 17.1 Å². The van der Waals surface area contributed by atoms with Crippen LogP contribution in [-0.2, 0) is 6.61 Å². The maximum atomic E-state index is 9.11. The number of hydrogen-bond acceptors (Lipinski definition) is 2. The van der Waals surface area contributed by atoms with Gasteiger partial charge in [-0.05, 0) is 27.6 Å². The molecule has 2 rings (SSSR count). The van der Waals surface area contributed by atoms with Gasteiger partial charge in [-0.2, -0.15) is 0 Å². The number of hydrogen-bond donors (Lipinski definition) is 1. The first-order valence-corrected chi connectivity index (χ1v) is 5.65. The van der Waals surface area contributed by atoms with E-state index in [9.17, 15) is 0 Å². The molecule has 0 amide bonds. The third-order valence-electron chi connectivity index (χ3n) is 2.19. The fraction of sp³-hybridized carbons (Fsp3) is 0.0833. The molecule has 2 aromatic rings. The monoisotopic (exact) mass is 278 g/mol. The number of aliphatic hydroxyl groups is 1. The summed E-state index contributed by atoms with van der Waals surface area (Å²) in [6.07, 6.45) is 5.27. The maximum absolute atomic E-state index is 9.11. The van der Waals surface area contributed by atoms with Crippen molar-refractivity contribution in [2.75, 3.05) is 0 Å². The molecule has 1 aromatic carbocycles. The molecule has 0 saturated heterocycles. The van der Waals surface area contributed by atoms with E-state index < -0.39 is 0 Å². The first kappa shape index (κ1) is 11.1. The van der Waals surface area contributed by atoms with Gasteiger partial charge < -0.3 is 5.11 Å². The molecule has 1 N–H and O–H groups in total. The summed E-state index contributed by atoms with van der Waals surface area (Å²) >= 11 is 3.47. The third kappa shape index (κ3) is 2.40. The summed E-state index contributed by atoms with van der Waals surface area (Å²) in [6.45, 7) is -0.0300. The van der Waals surface area contributed by atoms with Gasteiger partial charge in [0.1, 0.15) is 0 Å². The molecule has 82 valence electrons. The van der Waals surface area contributed by atoms with E-state index >= 15 is 0 Å². The average molecular weight is 279 g/mol. The Morgan fingerprint density at radius 1 is 1.38 bits per heavy atom. The molecule has 3 nitrogen and oxygen atoms in total. The molecule has 0 saturated carbocycles. The number of rotatable bonds is 3. The lowest BCUT2D eigenvalue weighted by Crippen LogP contribution is -1.96. The molecule has 0 radical (unpaired) electrons. The van der Waals surface area contributed by atoms with Crippen LogP contribution in [0.25, 0.3) is 10.7 Å². The van der Waals surface area contributed by atoms with Crippen LogP contribution in [0.2, 0.25) is 0 Å². The molecular weight excluding hydrogens is 268 g/mol. The molecule has 1 aromatic heterocycles. The smallest absolute Gasteiger partial charge is 0.0999 e. The van der Waals surface area contributed by atoms with Crippen molar-refractivity contribution in [1.82, 2.24) is 9.55 Å². The first-order valence-electron chi connectivity index (χ1n) is 4.86. The summed E-state index contributed by atoms with van der Waals surface area (Å²) in [7, 11) is 0. The molecule has 0 aliphatic heterocycles. The Morgan fingerprint density at radius 3 is 2.81 bits per heavy atom. The van der Waals surface area contributed by atoms with E-state index in [1.807, 2.05) is 36.4 Å². The lowest BCUT2D eigenvalue weighted by Gasteiger charge is -2.04. The third-order valence-corrected chi connectivity index (χ3v) is 2.80. The van der Waals surface area contributed by atoms with Crippen molar-refractivity contribution in [1.29, 1.82) is 0 Å². The van der Waals surface area contributed by atoms with Crippen molar-refractivity contribution in [2.45, 2.75) is 6.61 Å². The Kier molecular flexibility index (Phi) is 3.54. The minimum atomic E-state index is -0.0300. The SMILES string of the molecule is OCc1cncn1C(Br)=Cc1ccccc1. The van der Waals surface area contributed by atoms with Gasteiger partial charge in [0.15, 0.2) is 0 Å². The van der Waals surface area contributed by atoms with Crippen molar-refractivity contribution in [2.24, 2.45) is 0 Å². The number of aromatic nitrogens is 2. The summed E-state index contributed by atoms with van der Waals surface area (Å²) in [5.74, 6) is 0. The van der Waals surface area contributed by atoms with Crippen LogP contribution in [0.1, 0.15) is 11.3 Å². The number of aliphatic hydroxyl groups excluding tert-OH is 1. The minimum absolute atomic E-state index is 0.0300. The Bertz CT molecular complexity index is 491. The Labute approximate surface area is 102 Å². The second-order valence-electron chi connectivity index (χ2n) is 3.29. The van der Waals surface area contributed by atoms with Crippen LogP contribution in [-0.4, -0.2) is 14.7 Å². The fourth-order valence-corrected chi connectivity index (χ4v) is 1.97.